The minimum Gasteiger partial charge on any atom is -0.482 e. The van der Waals surface area contributed by atoms with Crippen LogP contribution in [0.1, 0.15) is 19.4 Å². The Bertz CT molecular complexity index is 474. The second kappa shape index (κ2) is 5.59. The molecule has 1 atom stereocenters. The minimum atomic E-state index is -0.0502. The standard InChI is InChI=1S/C14H21N3O2/c1-9(2)12(7-16)17-11-5-10(6-15)3-4-13(11)19-8-14(17)18/h3-5,9,12H,6-8,15-16H2,1-2H3. The molecule has 0 saturated carbocycles. The maximum Gasteiger partial charge on any atom is 0.265 e. The molecule has 0 aromatic heterocycles. The Morgan fingerprint density at radius 1 is 1.37 bits per heavy atom. The lowest BCUT2D eigenvalue weighted by Crippen LogP contribution is -2.51. The molecule has 5 heteroatoms. The highest BCUT2D eigenvalue weighted by Gasteiger charge is 2.32. The first-order valence-corrected chi connectivity index (χ1v) is 6.56. The van der Waals surface area contributed by atoms with E-state index in [1.54, 1.807) is 4.90 Å². The van der Waals surface area contributed by atoms with Gasteiger partial charge in [-0.2, -0.15) is 0 Å². The number of amides is 1. The molecule has 1 unspecified atom stereocenters. The Balaban J connectivity index is 2.46. The third kappa shape index (κ3) is 2.57. The first-order chi connectivity index (χ1) is 9.08. The first kappa shape index (κ1) is 13.8. The molecule has 19 heavy (non-hydrogen) atoms. The van der Waals surface area contributed by atoms with Gasteiger partial charge in [0.05, 0.1) is 11.7 Å². The summed E-state index contributed by atoms with van der Waals surface area (Å²) in [6, 6.07) is 5.67. The second-order valence-corrected chi connectivity index (χ2v) is 5.11. The van der Waals surface area contributed by atoms with Crippen LogP contribution in [0.4, 0.5) is 5.69 Å². The molecule has 5 nitrogen and oxygen atoms in total. The van der Waals surface area contributed by atoms with Crippen molar-refractivity contribution in [3.05, 3.63) is 23.8 Å². The van der Waals surface area contributed by atoms with Gasteiger partial charge in [0.25, 0.3) is 5.91 Å². The molecule has 104 valence electrons. The Kier molecular flexibility index (Phi) is 4.07. The number of rotatable bonds is 4. The van der Waals surface area contributed by atoms with Gasteiger partial charge in [-0.1, -0.05) is 19.9 Å². The van der Waals surface area contributed by atoms with E-state index in [0.717, 1.165) is 17.0 Å². The van der Waals surface area contributed by atoms with Crippen molar-refractivity contribution >= 4 is 11.6 Å². The maximum atomic E-state index is 12.2. The summed E-state index contributed by atoms with van der Waals surface area (Å²) in [7, 11) is 0. The summed E-state index contributed by atoms with van der Waals surface area (Å²) in [5, 5.41) is 0. The van der Waals surface area contributed by atoms with Gasteiger partial charge in [0.15, 0.2) is 6.61 Å². The topological polar surface area (TPSA) is 81.6 Å². The van der Waals surface area contributed by atoms with Gasteiger partial charge in [-0.25, -0.2) is 0 Å². The van der Waals surface area contributed by atoms with E-state index in [1.165, 1.54) is 0 Å². The average molecular weight is 263 g/mol. The van der Waals surface area contributed by atoms with Crippen LogP contribution in [-0.4, -0.2) is 25.1 Å². The fourth-order valence-corrected chi connectivity index (χ4v) is 2.38. The predicted molar refractivity (Wildman–Crippen MR) is 75.0 cm³/mol. The minimum absolute atomic E-state index is 0.0248. The third-order valence-electron chi connectivity index (χ3n) is 3.48. The smallest absolute Gasteiger partial charge is 0.265 e. The quantitative estimate of drug-likeness (QED) is 0.844. The zero-order valence-electron chi connectivity index (χ0n) is 11.4. The van der Waals surface area contributed by atoms with Gasteiger partial charge in [0.1, 0.15) is 5.75 Å². The highest BCUT2D eigenvalue weighted by Crippen LogP contribution is 2.35. The van der Waals surface area contributed by atoms with Crippen molar-refractivity contribution in [2.24, 2.45) is 17.4 Å². The molecule has 0 saturated heterocycles. The van der Waals surface area contributed by atoms with Gasteiger partial charge >= 0.3 is 0 Å². The zero-order valence-corrected chi connectivity index (χ0v) is 11.4. The average Bonchev–Trinajstić information content (AvgIpc) is 2.41. The largest absolute Gasteiger partial charge is 0.482 e. The SMILES string of the molecule is CC(C)C(CN)N1C(=O)COc2ccc(CN)cc21. The summed E-state index contributed by atoms with van der Waals surface area (Å²) in [6.45, 7) is 5.05. The van der Waals surface area contributed by atoms with Crippen molar-refractivity contribution in [1.82, 2.24) is 0 Å². The van der Waals surface area contributed by atoms with E-state index < -0.39 is 0 Å². The monoisotopic (exact) mass is 263 g/mol. The van der Waals surface area contributed by atoms with Gasteiger partial charge in [0.2, 0.25) is 0 Å². The molecule has 0 aliphatic carbocycles. The lowest BCUT2D eigenvalue weighted by molar-refractivity contribution is -0.122. The molecule has 2 rings (SSSR count). The van der Waals surface area contributed by atoms with Crippen molar-refractivity contribution < 1.29 is 9.53 Å². The van der Waals surface area contributed by atoms with Gasteiger partial charge in [-0.15, -0.1) is 0 Å². The summed E-state index contributed by atoms with van der Waals surface area (Å²) in [5.41, 5.74) is 13.3. The molecule has 0 spiro atoms. The van der Waals surface area contributed by atoms with E-state index in [4.69, 9.17) is 16.2 Å². The number of hydrogen-bond donors (Lipinski definition) is 2. The lowest BCUT2D eigenvalue weighted by Gasteiger charge is -2.37. The van der Waals surface area contributed by atoms with Gasteiger partial charge in [-0.05, 0) is 23.6 Å². The van der Waals surface area contributed by atoms with Crippen LogP contribution in [0.15, 0.2) is 18.2 Å². The van der Waals surface area contributed by atoms with Crippen molar-refractivity contribution in [2.75, 3.05) is 18.1 Å². The Hall–Kier alpha value is -1.59. The lowest BCUT2D eigenvalue weighted by atomic mass is 10.00. The highest BCUT2D eigenvalue weighted by molar-refractivity contribution is 5.98. The van der Waals surface area contributed by atoms with Crippen molar-refractivity contribution in [3.63, 3.8) is 0 Å². The fourth-order valence-electron chi connectivity index (χ4n) is 2.38. The number of nitrogens with zero attached hydrogens (tertiary/aromatic N) is 1. The van der Waals surface area contributed by atoms with Gasteiger partial charge in [-0.3, -0.25) is 4.79 Å². The molecule has 0 bridgehead atoms. The van der Waals surface area contributed by atoms with Gasteiger partial charge in [0, 0.05) is 13.1 Å². The molecule has 1 aliphatic rings. The van der Waals surface area contributed by atoms with Crippen LogP contribution in [-0.2, 0) is 11.3 Å². The number of anilines is 1. The Morgan fingerprint density at radius 2 is 2.11 bits per heavy atom. The second-order valence-electron chi connectivity index (χ2n) is 5.11. The van der Waals surface area contributed by atoms with E-state index in [2.05, 4.69) is 13.8 Å². The molecule has 4 N–H and O–H groups in total. The van der Waals surface area contributed by atoms with Crippen LogP contribution in [0, 0.1) is 5.92 Å². The van der Waals surface area contributed by atoms with E-state index in [0.29, 0.717) is 13.1 Å². The van der Waals surface area contributed by atoms with Crippen LogP contribution in [0.5, 0.6) is 5.75 Å². The number of nitrogens with two attached hydrogens (primary N) is 2. The molecule has 1 aromatic rings. The summed E-state index contributed by atoms with van der Waals surface area (Å²) < 4.78 is 5.47. The van der Waals surface area contributed by atoms with Gasteiger partial charge < -0.3 is 21.1 Å². The fraction of sp³-hybridized carbons (Fsp3) is 0.500. The van der Waals surface area contributed by atoms with Crippen LogP contribution in [0.25, 0.3) is 0 Å². The molecular weight excluding hydrogens is 242 g/mol. The summed E-state index contributed by atoms with van der Waals surface area (Å²) in [6.07, 6.45) is 0. The zero-order chi connectivity index (χ0) is 14.0. The van der Waals surface area contributed by atoms with Crippen molar-refractivity contribution in [3.8, 4) is 5.75 Å². The van der Waals surface area contributed by atoms with Crippen LogP contribution in [0.3, 0.4) is 0 Å². The first-order valence-electron chi connectivity index (χ1n) is 6.56. The third-order valence-corrected chi connectivity index (χ3v) is 3.48. The predicted octanol–water partition coefficient (Wildman–Crippen LogP) is 0.854. The summed E-state index contributed by atoms with van der Waals surface area (Å²) >= 11 is 0. The van der Waals surface area contributed by atoms with Crippen LogP contribution < -0.4 is 21.1 Å². The van der Waals surface area contributed by atoms with E-state index in [-0.39, 0.29) is 24.5 Å². The number of ether oxygens (including phenoxy) is 1. The van der Waals surface area contributed by atoms with E-state index in [9.17, 15) is 4.79 Å². The molecule has 1 heterocycles. The van der Waals surface area contributed by atoms with Crippen molar-refractivity contribution in [2.45, 2.75) is 26.4 Å². The Morgan fingerprint density at radius 3 is 2.68 bits per heavy atom. The van der Waals surface area contributed by atoms with Crippen molar-refractivity contribution in [1.29, 1.82) is 0 Å². The number of fused-ring (bicyclic) bond motifs is 1. The molecule has 1 aromatic carbocycles. The summed E-state index contributed by atoms with van der Waals surface area (Å²) in [5.74, 6) is 0.947. The number of benzene rings is 1. The molecule has 0 fully saturated rings. The van der Waals surface area contributed by atoms with Crippen LogP contribution in [0.2, 0.25) is 0 Å². The van der Waals surface area contributed by atoms with Crippen LogP contribution >= 0.6 is 0 Å². The summed E-state index contributed by atoms with van der Waals surface area (Å²) in [4.78, 5) is 13.9. The van der Waals surface area contributed by atoms with E-state index >= 15 is 0 Å². The molecule has 1 aliphatic heterocycles. The number of carbonyl (C=O) groups excluding carboxylic acids is 1. The molecular formula is C14H21N3O2. The molecule has 1 amide bonds. The maximum absolute atomic E-state index is 12.2. The Labute approximate surface area is 113 Å². The highest BCUT2D eigenvalue weighted by atomic mass is 16.5. The van der Waals surface area contributed by atoms with E-state index in [1.807, 2.05) is 18.2 Å². The number of hydrogen-bond acceptors (Lipinski definition) is 4. The number of carbonyl (C=O) groups is 1. The molecule has 0 radical (unpaired) electrons. The normalized spacial score (nSPS) is 16.3.